The summed E-state index contributed by atoms with van der Waals surface area (Å²) in [5.41, 5.74) is 0. The van der Waals surface area contributed by atoms with E-state index >= 15 is 0 Å². The standard InChI is InChI=1S/C6HF13NO4S2/c7-2(8,9)1(3(10,11)12)25(21,22)20-26(23,24)4(13,5(14,15)16)6(17,18)19/h1H/q-1. The predicted molar refractivity (Wildman–Crippen MR) is 53.0 cm³/mol. The highest BCUT2D eigenvalue weighted by atomic mass is 32.3. The molecule has 0 radical (unpaired) electrons. The second kappa shape index (κ2) is 6.24. The Morgan fingerprint density at radius 2 is 0.846 bits per heavy atom. The summed E-state index contributed by atoms with van der Waals surface area (Å²) in [6, 6.07) is 0. The Kier molecular flexibility index (Phi) is 5.99. The van der Waals surface area contributed by atoms with Crippen LogP contribution in [-0.2, 0) is 20.0 Å². The summed E-state index contributed by atoms with van der Waals surface area (Å²) in [7, 11) is -16.0. The van der Waals surface area contributed by atoms with Gasteiger partial charge in [-0.25, -0.2) is 21.2 Å². The van der Waals surface area contributed by atoms with Gasteiger partial charge in [0, 0.05) is 0 Å². The lowest BCUT2D eigenvalue weighted by molar-refractivity contribution is -0.305. The van der Waals surface area contributed by atoms with Gasteiger partial charge in [0.25, 0.3) is 0 Å². The molecular formula is C6HF13NO4S2-. The van der Waals surface area contributed by atoms with Crippen LogP contribution in [0.2, 0.25) is 0 Å². The van der Waals surface area contributed by atoms with Crippen molar-refractivity contribution in [3.05, 3.63) is 4.13 Å². The van der Waals surface area contributed by atoms with Gasteiger partial charge in [-0.15, -0.1) is 0 Å². The van der Waals surface area contributed by atoms with E-state index in [1.165, 1.54) is 0 Å². The minimum atomic E-state index is -8.24. The fourth-order valence-electron chi connectivity index (χ4n) is 1.21. The van der Waals surface area contributed by atoms with Crippen LogP contribution in [-0.4, -0.2) is 51.8 Å². The monoisotopic (exact) mass is 462 g/mol. The minimum absolute atomic E-state index is 0.369. The van der Waals surface area contributed by atoms with Crippen molar-refractivity contribution in [3.8, 4) is 0 Å². The van der Waals surface area contributed by atoms with Gasteiger partial charge in [0.15, 0.2) is 0 Å². The zero-order chi connectivity index (χ0) is 21.8. The van der Waals surface area contributed by atoms with Crippen LogP contribution in [0.5, 0.6) is 0 Å². The van der Waals surface area contributed by atoms with E-state index in [4.69, 9.17) is 0 Å². The Morgan fingerprint density at radius 3 is 1.04 bits per heavy atom. The highest BCUT2D eigenvalue weighted by Gasteiger charge is 2.78. The van der Waals surface area contributed by atoms with Gasteiger partial charge in [-0.05, 0) is 0 Å². The first-order valence-electron chi connectivity index (χ1n) is 5.01. The fraction of sp³-hybridized carbons (Fsp3) is 1.00. The van der Waals surface area contributed by atoms with Crippen LogP contribution >= 0.6 is 0 Å². The fourth-order valence-corrected chi connectivity index (χ4v) is 4.32. The molecule has 0 spiro atoms. The Hall–Kier alpha value is -1.05. The molecule has 0 atom stereocenters. The maximum atomic E-state index is 13.2. The quantitative estimate of drug-likeness (QED) is 0.601. The number of sulfonamides is 2. The van der Waals surface area contributed by atoms with Crippen LogP contribution in [0.3, 0.4) is 0 Å². The smallest absolute Gasteiger partial charge is 0.432 e. The van der Waals surface area contributed by atoms with Crippen molar-refractivity contribution < 1.29 is 73.9 Å². The molecular weight excluding hydrogens is 461 g/mol. The molecule has 0 saturated heterocycles. The molecule has 0 aliphatic heterocycles. The molecule has 0 rings (SSSR count). The Morgan fingerprint density at radius 1 is 0.577 bits per heavy atom. The second-order valence-electron chi connectivity index (χ2n) is 4.12. The van der Waals surface area contributed by atoms with E-state index in [1.807, 2.05) is 0 Å². The lowest BCUT2D eigenvalue weighted by Crippen LogP contribution is -2.59. The van der Waals surface area contributed by atoms with Crippen LogP contribution in [0.15, 0.2) is 0 Å². The molecule has 0 saturated carbocycles. The summed E-state index contributed by atoms with van der Waals surface area (Å²) >= 11 is 0. The van der Waals surface area contributed by atoms with E-state index < -0.39 is 55.0 Å². The first-order valence-corrected chi connectivity index (χ1v) is 7.95. The number of halogens is 13. The number of alkyl halides is 13. The molecule has 0 unspecified atom stereocenters. The average Bonchev–Trinajstić information content (AvgIpc) is 2.16. The molecule has 26 heavy (non-hydrogen) atoms. The van der Waals surface area contributed by atoms with Gasteiger partial charge in [0.05, 0.1) is 0 Å². The van der Waals surface area contributed by atoms with Crippen LogP contribution in [0, 0.1) is 0 Å². The largest absolute Gasteiger partial charge is 0.445 e. The molecule has 0 fully saturated rings. The van der Waals surface area contributed by atoms with E-state index in [1.54, 1.807) is 0 Å². The molecule has 5 nitrogen and oxygen atoms in total. The molecule has 0 aliphatic rings. The van der Waals surface area contributed by atoms with Crippen LogP contribution < -0.4 is 0 Å². The molecule has 0 heterocycles. The van der Waals surface area contributed by atoms with Gasteiger partial charge in [0.1, 0.15) is 20.0 Å². The average molecular weight is 462 g/mol. The lowest BCUT2D eigenvalue weighted by atomic mass is 10.3. The van der Waals surface area contributed by atoms with E-state index in [2.05, 4.69) is 0 Å². The van der Waals surface area contributed by atoms with Crippen molar-refractivity contribution >= 4 is 20.0 Å². The molecule has 0 bridgehead atoms. The van der Waals surface area contributed by atoms with Crippen molar-refractivity contribution in [2.75, 3.05) is 0 Å². The predicted octanol–water partition coefficient (Wildman–Crippen LogP) is 3.30. The summed E-state index contributed by atoms with van der Waals surface area (Å²) in [5.74, 6) is 0. The molecule has 158 valence electrons. The topological polar surface area (TPSA) is 82.4 Å². The van der Waals surface area contributed by atoms with Crippen molar-refractivity contribution in [1.82, 2.24) is 0 Å². The lowest BCUT2D eigenvalue weighted by Gasteiger charge is -2.37. The molecule has 0 aliphatic carbocycles. The minimum Gasteiger partial charge on any atom is -0.432 e. The summed E-state index contributed by atoms with van der Waals surface area (Å²) < 4.78 is 203. The second-order valence-corrected chi connectivity index (χ2v) is 7.73. The molecule has 0 aromatic rings. The number of hydrogen-bond donors (Lipinski definition) is 0. The van der Waals surface area contributed by atoms with E-state index in [9.17, 15) is 73.9 Å². The van der Waals surface area contributed by atoms with Crippen molar-refractivity contribution in [2.24, 2.45) is 0 Å². The summed E-state index contributed by atoms with van der Waals surface area (Å²) in [4.78, 5) is 0. The maximum absolute atomic E-state index is 13.2. The summed E-state index contributed by atoms with van der Waals surface area (Å²) in [5, 5.41) is -13.4. The first kappa shape index (κ1) is 24.9. The van der Waals surface area contributed by atoms with E-state index in [0.717, 1.165) is 0 Å². The van der Waals surface area contributed by atoms with Gasteiger partial charge in [-0.3, -0.25) is 0 Å². The van der Waals surface area contributed by atoms with E-state index in [0.29, 0.717) is 4.13 Å². The Labute approximate surface area is 134 Å². The van der Waals surface area contributed by atoms with E-state index in [-0.39, 0.29) is 0 Å². The third-order valence-corrected chi connectivity index (χ3v) is 6.10. The number of hydrogen-bond acceptors (Lipinski definition) is 4. The summed E-state index contributed by atoms with van der Waals surface area (Å²) in [6.07, 6.45) is -29.1. The Bertz CT molecular complexity index is 697. The molecule has 0 aromatic heterocycles. The van der Waals surface area contributed by atoms with Gasteiger partial charge >= 0.3 is 29.7 Å². The van der Waals surface area contributed by atoms with Crippen LogP contribution in [0.4, 0.5) is 57.1 Å². The third kappa shape index (κ3) is 4.43. The molecule has 0 N–H and O–H groups in total. The first-order chi connectivity index (χ1) is 10.8. The summed E-state index contributed by atoms with van der Waals surface area (Å²) in [6.45, 7) is 0. The maximum Gasteiger partial charge on any atom is 0.445 e. The molecule has 20 heteroatoms. The number of rotatable bonds is 4. The third-order valence-electron chi connectivity index (χ3n) is 2.18. The zero-order valence-electron chi connectivity index (χ0n) is 10.9. The van der Waals surface area contributed by atoms with Gasteiger partial charge < -0.3 is 4.13 Å². The van der Waals surface area contributed by atoms with Crippen molar-refractivity contribution in [1.29, 1.82) is 0 Å². The molecule has 0 aromatic carbocycles. The SMILES string of the molecule is O=S(=O)([N-]S(=O)(=O)C(F)(C(F)(F)F)C(F)(F)F)C(C(F)(F)F)C(F)(F)F. The van der Waals surface area contributed by atoms with Gasteiger partial charge in [0.2, 0.25) is 5.25 Å². The van der Waals surface area contributed by atoms with Crippen LogP contribution in [0.25, 0.3) is 4.13 Å². The van der Waals surface area contributed by atoms with Crippen LogP contribution in [0.1, 0.15) is 0 Å². The normalized spacial score (nSPS) is 16.2. The Balaban J connectivity index is 6.55. The highest BCUT2D eigenvalue weighted by Crippen LogP contribution is 2.53. The molecule has 0 amide bonds. The number of nitrogens with zero attached hydrogens (tertiary/aromatic N) is 1. The van der Waals surface area contributed by atoms with Crippen molar-refractivity contribution in [3.63, 3.8) is 0 Å². The highest BCUT2D eigenvalue weighted by molar-refractivity contribution is 8.13. The zero-order valence-corrected chi connectivity index (χ0v) is 12.5. The van der Waals surface area contributed by atoms with Gasteiger partial charge in [-0.1, -0.05) is 0 Å². The van der Waals surface area contributed by atoms with Gasteiger partial charge in [-0.2, -0.15) is 52.7 Å². The van der Waals surface area contributed by atoms with Crippen molar-refractivity contribution in [2.45, 2.75) is 35.0 Å².